The van der Waals surface area contributed by atoms with Gasteiger partial charge in [0.15, 0.2) is 0 Å². The molecule has 0 N–H and O–H groups in total. The Morgan fingerprint density at radius 2 is 1.00 bits per heavy atom. The molecule has 290 valence electrons. The van der Waals surface area contributed by atoms with Crippen molar-refractivity contribution in [3.8, 4) is 34.0 Å². The van der Waals surface area contributed by atoms with Gasteiger partial charge in [-0.25, -0.2) is 8.78 Å². The number of anilines is 6. The molecule has 2 aliphatic heterocycles. The van der Waals surface area contributed by atoms with Crippen molar-refractivity contribution in [3.63, 3.8) is 0 Å². The third kappa shape index (κ3) is 5.30. The molecule has 0 unspecified atom stereocenters. The molecule has 12 rings (SSSR count). The summed E-state index contributed by atoms with van der Waals surface area (Å²) in [6.45, 7) is 0.00253. The highest BCUT2D eigenvalue weighted by molar-refractivity contribution is 7.00. The first-order valence-corrected chi connectivity index (χ1v) is 20.7. The molecule has 0 saturated heterocycles. The van der Waals surface area contributed by atoms with Gasteiger partial charge in [0.25, 0.3) is 6.71 Å². The van der Waals surface area contributed by atoms with Crippen LogP contribution in [0, 0.1) is 23.0 Å². The fraction of sp³-hybridized carbons (Fsp3) is 0. The van der Waals surface area contributed by atoms with E-state index in [9.17, 15) is 5.26 Å². The van der Waals surface area contributed by atoms with Crippen molar-refractivity contribution in [1.29, 1.82) is 5.26 Å². The zero-order valence-electron chi connectivity index (χ0n) is 33.2. The Hall–Kier alpha value is -8.21. The van der Waals surface area contributed by atoms with Crippen LogP contribution in [0.2, 0.25) is 0 Å². The van der Waals surface area contributed by atoms with Crippen LogP contribution in [0.1, 0.15) is 5.56 Å². The Kier molecular flexibility index (Phi) is 8.03. The molecule has 62 heavy (non-hydrogen) atoms. The maximum absolute atomic E-state index is 15.6. The fourth-order valence-electron chi connectivity index (χ4n) is 9.94. The summed E-state index contributed by atoms with van der Waals surface area (Å²) in [6.07, 6.45) is 0. The van der Waals surface area contributed by atoms with Crippen LogP contribution in [0.4, 0.5) is 42.9 Å². The normalized spacial score (nSPS) is 12.6. The third-order valence-electron chi connectivity index (χ3n) is 12.5. The number of aromatic nitrogens is 1. The van der Waals surface area contributed by atoms with Gasteiger partial charge in [-0.3, -0.25) is 0 Å². The molecule has 10 aromatic rings. The molecular weight excluding hydrogens is 765 g/mol. The predicted molar refractivity (Wildman–Crippen MR) is 250 cm³/mol. The SMILES string of the molecule is N#Cc1ccc(-n2c3ccccc3c3cc(-c4cc5c6c(c4)N(c4ccccc4)c4ccccc4B6c4ccccc4N5c4ccccc4)ccc32)c(-c2c(F)cccc2F)c1. The second-order valence-corrected chi connectivity index (χ2v) is 15.8. The first kappa shape index (κ1) is 35.7. The molecule has 0 bridgehead atoms. The van der Waals surface area contributed by atoms with Crippen molar-refractivity contribution in [1.82, 2.24) is 4.57 Å². The summed E-state index contributed by atoms with van der Waals surface area (Å²) in [6, 6.07) is 69.1. The first-order valence-electron chi connectivity index (χ1n) is 20.7. The summed E-state index contributed by atoms with van der Waals surface area (Å²) in [5.74, 6) is -1.38. The quantitative estimate of drug-likeness (QED) is 0.163. The maximum atomic E-state index is 15.6. The fourth-order valence-corrected chi connectivity index (χ4v) is 9.94. The van der Waals surface area contributed by atoms with Gasteiger partial charge in [-0.05, 0) is 125 Å². The molecule has 0 spiro atoms. The minimum absolute atomic E-state index is 0.00253. The van der Waals surface area contributed by atoms with Gasteiger partial charge in [0.1, 0.15) is 11.6 Å². The number of hydrogen-bond donors (Lipinski definition) is 0. The maximum Gasteiger partial charge on any atom is 0.252 e. The van der Waals surface area contributed by atoms with Crippen molar-refractivity contribution in [2.24, 2.45) is 0 Å². The van der Waals surface area contributed by atoms with Gasteiger partial charge in [-0.2, -0.15) is 5.26 Å². The van der Waals surface area contributed by atoms with E-state index in [0.717, 1.165) is 67.1 Å². The Morgan fingerprint density at radius 1 is 0.435 bits per heavy atom. The summed E-state index contributed by atoms with van der Waals surface area (Å²) in [4.78, 5) is 4.81. The Balaban J connectivity index is 1.13. The van der Waals surface area contributed by atoms with E-state index in [-0.39, 0.29) is 12.3 Å². The first-order chi connectivity index (χ1) is 30.6. The molecule has 0 amide bonds. The van der Waals surface area contributed by atoms with Crippen LogP contribution in [0.3, 0.4) is 0 Å². The number of fused-ring (bicyclic) bond motifs is 7. The number of nitrogens with zero attached hydrogens (tertiary/aromatic N) is 4. The van der Waals surface area contributed by atoms with Crippen LogP contribution < -0.4 is 26.2 Å². The van der Waals surface area contributed by atoms with Crippen LogP contribution in [-0.4, -0.2) is 11.3 Å². The van der Waals surface area contributed by atoms with Crippen molar-refractivity contribution >= 4 is 79.0 Å². The number of halogens is 2. The average Bonchev–Trinajstić information content (AvgIpc) is 3.65. The zero-order valence-corrected chi connectivity index (χ0v) is 33.2. The van der Waals surface area contributed by atoms with Gasteiger partial charge >= 0.3 is 0 Å². The summed E-state index contributed by atoms with van der Waals surface area (Å²) in [7, 11) is 0. The number of nitriles is 1. The minimum atomic E-state index is -0.692. The summed E-state index contributed by atoms with van der Waals surface area (Å²) in [5, 5.41) is 11.9. The highest BCUT2D eigenvalue weighted by Crippen LogP contribution is 2.47. The molecule has 0 saturated carbocycles. The molecule has 9 aromatic carbocycles. The molecule has 3 heterocycles. The van der Waals surface area contributed by atoms with Crippen molar-refractivity contribution in [2.45, 2.75) is 0 Å². The van der Waals surface area contributed by atoms with E-state index in [4.69, 9.17) is 0 Å². The van der Waals surface area contributed by atoms with Crippen LogP contribution in [0.25, 0.3) is 49.7 Å². The minimum Gasteiger partial charge on any atom is -0.311 e. The van der Waals surface area contributed by atoms with Crippen molar-refractivity contribution in [3.05, 3.63) is 217 Å². The van der Waals surface area contributed by atoms with Crippen LogP contribution >= 0.6 is 0 Å². The largest absolute Gasteiger partial charge is 0.311 e. The number of hydrogen-bond acceptors (Lipinski definition) is 3. The van der Waals surface area contributed by atoms with Crippen LogP contribution in [-0.2, 0) is 0 Å². The van der Waals surface area contributed by atoms with Gasteiger partial charge in [0.05, 0.1) is 33.9 Å². The third-order valence-corrected chi connectivity index (χ3v) is 12.5. The molecule has 7 heteroatoms. The Bertz CT molecular complexity index is 3350. The van der Waals surface area contributed by atoms with Crippen molar-refractivity contribution < 1.29 is 8.78 Å². The molecule has 1 aromatic heterocycles. The van der Waals surface area contributed by atoms with E-state index in [1.54, 1.807) is 18.2 Å². The molecule has 4 nitrogen and oxygen atoms in total. The van der Waals surface area contributed by atoms with Crippen molar-refractivity contribution in [2.75, 3.05) is 9.80 Å². The zero-order chi connectivity index (χ0) is 41.5. The van der Waals surface area contributed by atoms with E-state index in [1.807, 2.05) is 18.2 Å². The van der Waals surface area contributed by atoms with Crippen LogP contribution in [0.5, 0.6) is 0 Å². The Morgan fingerprint density at radius 3 is 1.63 bits per heavy atom. The summed E-state index contributed by atoms with van der Waals surface area (Å²) < 4.78 is 33.2. The van der Waals surface area contributed by atoms with E-state index in [2.05, 4.69) is 166 Å². The van der Waals surface area contributed by atoms with Crippen LogP contribution in [0.15, 0.2) is 200 Å². The highest BCUT2D eigenvalue weighted by Gasteiger charge is 2.43. The molecule has 0 atom stereocenters. The topological polar surface area (TPSA) is 35.2 Å². The second-order valence-electron chi connectivity index (χ2n) is 15.8. The lowest BCUT2D eigenvalue weighted by molar-refractivity contribution is 0.589. The molecule has 2 aliphatic rings. The van der Waals surface area contributed by atoms with E-state index in [0.29, 0.717) is 16.8 Å². The number of benzene rings is 9. The lowest BCUT2D eigenvalue weighted by atomic mass is 9.33. The Labute approximate surface area is 357 Å². The standard InChI is InChI=1S/C55H33BF2N4/c57-45-21-13-22-46(58)54(45)42-30-35(34-59)26-28-49(42)62-47-23-10-7-18-40(47)41-31-36(27-29-48(41)62)37-32-52-55-53(33-37)61(39-16-5-2-6-17-39)51-25-12-9-20-44(51)56(55)43-19-8-11-24-50(43)60(52)38-14-3-1-4-15-38/h1-33H. The van der Waals surface area contributed by atoms with E-state index in [1.165, 1.54) is 34.6 Å². The van der Waals surface area contributed by atoms with Gasteiger partial charge < -0.3 is 14.4 Å². The van der Waals surface area contributed by atoms with Gasteiger partial charge in [-0.15, -0.1) is 0 Å². The number of para-hydroxylation sites is 5. The van der Waals surface area contributed by atoms with Gasteiger partial charge in [-0.1, -0.05) is 103 Å². The second kappa shape index (κ2) is 13.9. The lowest BCUT2D eigenvalue weighted by Gasteiger charge is -2.44. The van der Waals surface area contributed by atoms with E-state index >= 15 is 8.78 Å². The average molecular weight is 799 g/mol. The monoisotopic (exact) mass is 798 g/mol. The number of rotatable bonds is 5. The van der Waals surface area contributed by atoms with Gasteiger partial charge in [0, 0.05) is 50.5 Å². The molecule has 0 radical (unpaired) electrons. The predicted octanol–water partition coefficient (Wildman–Crippen LogP) is 12.4. The molecule has 0 fully saturated rings. The lowest BCUT2D eigenvalue weighted by Crippen LogP contribution is -2.61. The summed E-state index contributed by atoms with van der Waals surface area (Å²) in [5.41, 5.74) is 15.2. The smallest absolute Gasteiger partial charge is 0.252 e. The van der Waals surface area contributed by atoms with E-state index < -0.39 is 11.6 Å². The highest BCUT2D eigenvalue weighted by atomic mass is 19.1. The van der Waals surface area contributed by atoms with Gasteiger partial charge in [0.2, 0.25) is 0 Å². The summed E-state index contributed by atoms with van der Waals surface area (Å²) >= 11 is 0. The molecular formula is C55H33BF2N4. The molecule has 0 aliphatic carbocycles.